The van der Waals surface area contributed by atoms with Crippen LogP contribution in [0.4, 0.5) is 0 Å². The summed E-state index contributed by atoms with van der Waals surface area (Å²) in [5.74, 6) is 1.85. The molecule has 0 bridgehead atoms. The zero-order valence-electron chi connectivity index (χ0n) is 10.6. The first-order valence-electron chi connectivity index (χ1n) is 6.25. The van der Waals surface area contributed by atoms with Crippen LogP contribution in [0.25, 0.3) is 0 Å². The fourth-order valence-electron chi connectivity index (χ4n) is 2.06. The maximum Gasteiger partial charge on any atom is 0.264 e. The number of halogens is 1. The van der Waals surface area contributed by atoms with E-state index in [0.717, 1.165) is 33.0 Å². The molecule has 0 atom stereocenters. The number of carbonyl (C=O) groups is 1. The Morgan fingerprint density at radius 3 is 2.74 bits per heavy atom. The molecule has 1 saturated carbocycles. The SMILES string of the molecule is Cc1ccc(CN(C(=O)c2ccc(Br)s2)C2CC2)o1. The van der Waals surface area contributed by atoms with Gasteiger partial charge < -0.3 is 9.32 Å². The quantitative estimate of drug-likeness (QED) is 0.835. The van der Waals surface area contributed by atoms with E-state index in [1.807, 2.05) is 36.1 Å². The number of thiophene rings is 1. The average Bonchev–Trinajstić information content (AvgIpc) is 3.00. The molecule has 2 aromatic heterocycles. The summed E-state index contributed by atoms with van der Waals surface area (Å²) in [5, 5.41) is 0. The Labute approximate surface area is 124 Å². The largest absolute Gasteiger partial charge is 0.464 e. The van der Waals surface area contributed by atoms with Crippen molar-refractivity contribution in [2.75, 3.05) is 0 Å². The number of rotatable bonds is 4. The number of carbonyl (C=O) groups excluding carboxylic acids is 1. The molecule has 1 amide bonds. The van der Waals surface area contributed by atoms with Gasteiger partial charge in [0.25, 0.3) is 5.91 Å². The van der Waals surface area contributed by atoms with E-state index >= 15 is 0 Å². The van der Waals surface area contributed by atoms with E-state index in [1.165, 1.54) is 11.3 Å². The van der Waals surface area contributed by atoms with Crippen molar-refractivity contribution in [3.63, 3.8) is 0 Å². The van der Waals surface area contributed by atoms with E-state index < -0.39 is 0 Å². The van der Waals surface area contributed by atoms with Gasteiger partial charge in [0.05, 0.1) is 15.2 Å². The molecule has 5 heteroatoms. The molecule has 19 heavy (non-hydrogen) atoms. The summed E-state index contributed by atoms with van der Waals surface area (Å²) in [7, 11) is 0. The molecule has 0 N–H and O–H groups in total. The lowest BCUT2D eigenvalue weighted by Crippen LogP contribution is -2.31. The maximum absolute atomic E-state index is 12.5. The highest BCUT2D eigenvalue weighted by Crippen LogP contribution is 2.32. The first-order chi connectivity index (χ1) is 9.13. The molecule has 0 radical (unpaired) electrons. The van der Waals surface area contributed by atoms with Crippen LogP contribution in [0, 0.1) is 6.92 Å². The number of hydrogen-bond acceptors (Lipinski definition) is 3. The number of aryl methyl sites for hydroxylation is 1. The summed E-state index contributed by atoms with van der Waals surface area (Å²) >= 11 is 4.88. The number of furan rings is 1. The molecule has 0 saturated heterocycles. The van der Waals surface area contributed by atoms with Crippen molar-refractivity contribution in [3.8, 4) is 0 Å². The van der Waals surface area contributed by atoms with Crippen molar-refractivity contribution < 1.29 is 9.21 Å². The van der Waals surface area contributed by atoms with Gasteiger partial charge in [-0.2, -0.15) is 0 Å². The monoisotopic (exact) mass is 339 g/mol. The van der Waals surface area contributed by atoms with Crippen LogP contribution >= 0.6 is 27.3 Å². The molecule has 2 heterocycles. The summed E-state index contributed by atoms with van der Waals surface area (Å²) in [6.45, 7) is 2.48. The van der Waals surface area contributed by atoms with E-state index in [0.29, 0.717) is 12.6 Å². The van der Waals surface area contributed by atoms with Gasteiger partial charge in [0, 0.05) is 6.04 Å². The Kier molecular flexibility index (Phi) is 3.50. The van der Waals surface area contributed by atoms with Crippen molar-refractivity contribution in [2.24, 2.45) is 0 Å². The lowest BCUT2D eigenvalue weighted by Gasteiger charge is -2.20. The third-order valence-electron chi connectivity index (χ3n) is 3.15. The lowest BCUT2D eigenvalue weighted by atomic mass is 10.3. The van der Waals surface area contributed by atoms with E-state index in [9.17, 15) is 4.79 Å². The summed E-state index contributed by atoms with van der Waals surface area (Å²) in [5.41, 5.74) is 0. The molecule has 3 rings (SSSR count). The molecule has 0 unspecified atom stereocenters. The Balaban J connectivity index is 1.79. The first kappa shape index (κ1) is 12.9. The third kappa shape index (κ3) is 2.92. The van der Waals surface area contributed by atoms with E-state index in [1.54, 1.807) is 0 Å². The van der Waals surface area contributed by atoms with Gasteiger partial charge in [-0.3, -0.25) is 4.79 Å². The van der Waals surface area contributed by atoms with Crippen LogP contribution < -0.4 is 0 Å². The van der Waals surface area contributed by atoms with Gasteiger partial charge in [-0.05, 0) is 60.0 Å². The molecule has 1 fully saturated rings. The van der Waals surface area contributed by atoms with Crippen molar-refractivity contribution in [1.29, 1.82) is 0 Å². The summed E-state index contributed by atoms with van der Waals surface area (Å²) in [6, 6.07) is 8.05. The molecular weight excluding hydrogens is 326 g/mol. The molecule has 100 valence electrons. The smallest absolute Gasteiger partial charge is 0.264 e. The fourth-order valence-corrected chi connectivity index (χ4v) is 3.40. The van der Waals surface area contributed by atoms with Crippen molar-refractivity contribution in [1.82, 2.24) is 4.90 Å². The molecule has 0 spiro atoms. The van der Waals surface area contributed by atoms with Crippen molar-refractivity contribution in [2.45, 2.75) is 32.4 Å². The van der Waals surface area contributed by atoms with Crippen LogP contribution in [-0.4, -0.2) is 16.8 Å². The zero-order valence-corrected chi connectivity index (χ0v) is 13.0. The molecule has 2 aromatic rings. The normalized spacial score (nSPS) is 14.6. The Bertz CT molecular complexity index is 600. The predicted octanol–water partition coefficient (Wildman–Crippen LogP) is 4.22. The van der Waals surface area contributed by atoms with Gasteiger partial charge in [0.15, 0.2) is 0 Å². The first-order valence-corrected chi connectivity index (χ1v) is 7.86. The summed E-state index contributed by atoms with van der Waals surface area (Å²) in [4.78, 5) is 15.2. The molecule has 3 nitrogen and oxygen atoms in total. The van der Waals surface area contributed by atoms with Gasteiger partial charge in [-0.25, -0.2) is 0 Å². The highest BCUT2D eigenvalue weighted by molar-refractivity contribution is 9.11. The van der Waals surface area contributed by atoms with Crippen LogP contribution in [0.2, 0.25) is 0 Å². The van der Waals surface area contributed by atoms with Crippen LogP contribution in [-0.2, 0) is 6.54 Å². The topological polar surface area (TPSA) is 33.5 Å². The number of amides is 1. The Hall–Kier alpha value is -1.07. The molecule has 0 aliphatic heterocycles. The highest BCUT2D eigenvalue weighted by Gasteiger charge is 2.34. The van der Waals surface area contributed by atoms with Crippen LogP contribution in [0.3, 0.4) is 0 Å². The minimum atomic E-state index is 0.104. The number of hydrogen-bond donors (Lipinski definition) is 0. The second-order valence-corrected chi connectivity index (χ2v) is 7.24. The molecule has 1 aliphatic rings. The molecule has 1 aliphatic carbocycles. The molecule has 0 aromatic carbocycles. The van der Waals surface area contributed by atoms with Crippen molar-refractivity contribution in [3.05, 3.63) is 44.4 Å². The fraction of sp³-hybridized carbons (Fsp3) is 0.357. The maximum atomic E-state index is 12.5. The Morgan fingerprint density at radius 2 is 2.21 bits per heavy atom. The lowest BCUT2D eigenvalue weighted by molar-refractivity contribution is 0.0722. The predicted molar refractivity (Wildman–Crippen MR) is 78.4 cm³/mol. The molecular formula is C14H14BrNO2S. The van der Waals surface area contributed by atoms with Gasteiger partial charge in [-0.15, -0.1) is 11.3 Å². The van der Waals surface area contributed by atoms with Crippen LogP contribution in [0.1, 0.15) is 34.0 Å². The van der Waals surface area contributed by atoms with Crippen LogP contribution in [0.5, 0.6) is 0 Å². The van der Waals surface area contributed by atoms with Gasteiger partial charge >= 0.3 is 0 Å². The zero-order chi connectivity index (χ0) is 13.4. The highest BCUT2D eigenvalue weighted by atomic mass is 79.9. The van der Waals surface area contributed by atoms with Gasteiger partial charge in [0.2, 0.25) is 0 Å². The van der Waals surface area contributed by atoms with Gasteiger partial charge in [-0.1, -0.05) is 0 Å². The Morgan fingerprint density at radius 1 is 1.42 bits per heavy atom. The third-order valence-corrected chi connectivity index (χ3v) is 4.77. The van der Waals surface area contributed by atoms with Gasteiger partial charge in [0.1, 0.15) is 11.5 Å². The second-order valence-electron chi connectivity index (χ2n) is 4.78. The van der Waals surface area contributed by atoms with Crippen molar-refractivity contribution >= 4 is 33.2 Å². The standard InChI is InChI=1S/C14H14BrNO2S/c1-9-2-5-11(18-9)8-16(10-3-4-10)14(17)12-6-7-13(15)19-12/h2,5-7,10H,3-4,8H2,1H3. The number of nitrogens with zero attached hydrogens (tertiary/aromatic N) is 1. The second kappa shape index (κ2) is 5.13. The van der Waals surface area contributed by atoms with Crippen LogP contribution in [0.15, 0.2) is 32.5 Å². The van der Waals surface area contributed by atoms with E-state index in [2.05, 4.69) is 15.9 Å². The van der Waals surface area contributed by atoms with E-state index in [-0.39, 0.29) is 5.91 Å². The average molecular weight is 340 g/mol. The van der Waals surface area contributed by atoms with E-state index in [4.69, 9.17) is 4.42 Å². The summed E-state index contributed by atoms with van der Waals surface area (Å²) in [6.07, 6.45) is 2.19. The minimum absolute atomic E-state index is 0.104. The summed E-state index contributed by atoms with van der Waals surface area (Å²) < 4.78 is 6.57. The minimum Gasteiger partial charge on any atom is -0.464 e.